The first-order valence-corrected chi connectivity index (χ1v) is 6.24. The molecule has 2 heteroatoms. The third-order valence-corrected chi connectivity index (χ3v) is 4.17. The van der Waals surface area contributed by atoms with Gasteiger partial charge < -0.3 is 0 Å². The minimum atomic E-state index is -0.0330. The number of hydrogen-bond acceptors (Lipinski definition) is 2. The molecular weight excluding hydrogens is 200 g/mol. The Morgan fingerprint density at radius 3 is 1.69 bits per heavy atom. The predicted octanol–water partition coefficient (Wildman–Crippen LogP) is 2.59. The van der Waals surface area contributed by atoms with E-state index in [0.29, 0.717) is 0 Å². The van der Waals surface area contributed by atoms with Crippen LogP contribution in [0.3, 0.4) is 0 Å². The van der Waals surface area contributed by atoms with Crippen LogP contribution in [0, 0.1) is 11.8 Å². The van der Waals surface area contributed by atoms with Crippen LogP contribution in [0.25, 0.3) is 0 Å². The summed E-state index contributed by atoms with van der Waals surface area (Å²) in [5.74, 6) is 0.496. The Kier molecular flexibility index (Phi) is 2.31. The summed E-state index contributed by atoms with van der Waals surface area (Å²) in [4.78, 5) is 24.6. The minimum Gasteiger partial charge on any atom is -0.294 e. The van der Waals surface area contributed by atoms with Crippen molar-refractivity contribution in [2.24, 2.45) is 11.8 Å². The molecule has 0 aromatic rings. The molecule has 0 bridgehead atoms. The average molecular weight is 216 g/mol. The van der Waals surface area contributed by atoms with E-state index < -0.39 is 0 Å². The quantitative estimate of drug-likeness (QED) is 0.583. The highest BCUT2D eigenvalue weighted by Gasteiger charge is 2.42. The number of ketones is 2. The van der Waals surface area contributed by atoms with Gasteiger partial charge in [0.1, 0.15) is 0 Å². The van der Waals surface area contributed by atoms with Gasteiger partial charge in [-0.1, -0.05) is 12.2 Å². The Morgan fingerprint density at radius 2 is 1.25 bits per heavy atom. The lowest BCUT2D eigenvalue weighted by molar-refractivity contribution is -0.131. The number of carbonyl (C=O) groups is 2. The number of carbonyl (C=O) groups excluding carboxylic acids is 2. The third kappa shape index (κ3) is 1.32. The molecule has 0 amide bonds. The van der Waals surface area contributed by atoms with Gasteiger partial charge in [-0.05, 0) is 38.5 Å². The van der Waals surface area contributed by atoms with E-state index in [-0.39, 0.29) is 23.4 Å². The van der Waals surface area contributed by atoms with E-state index in [1.807, 2.05) is 0 Å². The lowest BCUT2D eigenvalue weighted by Crippen LogP contribution is -2.39. The summed E-state index contributed by atoms with van der Waals surface area (Å²) >= 11 is 0. The van der Waals surface area contributed by atoms with Crippen molar-refractivity contribution >= 4 is 11.6 Å². The molecule has 0 aromatic carbocycles. The first kappa shape index (κ1) is 10.0. The summed E-state index contributed by atoms with van der Waals surface area (Å²) in [7, 11) is 0. The zero-order valence-electron chi connectivity index (χ0n) is 9.37. The van der Waals surface area contributed by atoms with Crippen molar-refractivity contribution in [2.45, 2.75) is 38.5 Å². The van der Waals surface area contributed by atoms with Gasteiger partial charge >= 0.3 is 0 Å². The van der Waals surface area contributed by atoms with Crippen molar-refractivity contribution in [3.05, 3.63) is 23.3 Å². The highest BCUT2D eigenvalue weighted by molar-refractivity contribution is 6.14. The molecule has 84 valence electrons. The van der Waals surface area contributed by atoms with Crippen molar-refractivity contribution in [1.29, 1.82) is 0 Å². The second kappa shape index (κ2) is 3.69. The van der Waals surface area contributed by atoms with Gasteiger partial charge in [-0.3, -0.25) is 9.59 Å². The standard InChI is InChI=1S/C14H16O2/c15-13-9-5-1-2-6-10(9)14(16)12-8-4-3-7-11(12)13/h1-2,9-10H,3-8H2/t9-,10+. The number of fused-ring (bicyclic) bond motifs is 1. The molecule has 0 unspecified atom stereocenters. The fourth-order valence-corrected chi connectivity index (χ4v) is 3.29. The van der Waals surface area contributed by atoms with Crippen LogP contribution in [0.15, 0.2) is 23.3 Å². The lowest BCUT2D eigenvalue weighted by atomic mass is 9.66. The topological polar surface area (TPSA) is 34.1 Å². The Bertz CT molecular complexity index is 376. The smallest absolute Gasteiger partial charge is 0.163 e. The summed E-state index contributed by atoms with van der Waals surface area (Å²) in [6.07, 6.45) is 9.48. The Balaban J connectivity index is 2.04. The van der Waals surface area contributed by atoms with E-state index in [2.05, 4.69) is 12.2 Å². The molecular formula is C14H16O2. The molecule has 0 fully saturated rings. The van der Waals surface area contributed by atoms with Crippen LogP contribution in [0.1, 0.15) is 38.5 Å². The number of allylic oxidation sites excluding steroid dienone is 4. The third-order valence-electron chi connectivity index (χ3n) is 4.17. The van der Waals surface area contributed by atoms with Crippen molar-refractivity contribution < 1.29 is 9.59 Å². The van der Waals surface area contributed by atoms with Gasteiger partial charge in [-0.25, -0.2) is 0 Å². The van der Waals surface area contributed by atoms with Crippen LogP contribution in [-0.4, -0.2) is 11.6 Å². The Morgan fingerprint density at radius 1 is 0.812 bits per heavy atom. The summed E-state index contributed by atoms with van der Waals surface area (Å²) in [5, 5.41) is 0. The number of hydrogen-bond donors (Lipinski definition) is 0. The van der Waals surface area contributed by atoms with Crippen LogP contribution >= 0.6 is 0 Å². The van der Waals surface area contributed by atoms with Crippen molar-refractivity contribution in [2.75, 3.05) is 0 Å². The monoisotopic (exact) mass is 216 g/mol. The summed E-state index contributed by atoms with van der Waals surface area (Å²) in [6.45, 7) is 0. The molecule has 0 aromatic heterocycles. The average Bonchev–Trinajstić information content (AvgIpc) is 2.36. The first-order chi connectivity index (χ1) is 7.79. The summed E-state index contributed by atoms with van der Waals surface area (Å²) in [5.41, 5.74) is 1.76. The zero-order chi connectivity index (χ0) is 11.1. The number of rotatable bonds is 0. The predicted molar refractivity (Wildman–Crippen MR) is 60.9 cm³/mol. The molecule has 16 heavy (non-hydrogen) atoms. The van der Waals surface area contributed by atoms with Crippen molar-refractivity contribution in [3.63, 3.8) is 0 Å². The Labute approximate surface area is 95.4 Å². The maximum absolute atomic E-state index is 12.3. The van der Waals surface area contributed by atoms with Crippen molar-refractivity contribution in [1.82, 2.24) is 0 Å². The maximum atomic E-state index is 12.3. The second-order valence-corrected chi connectivity index (χ2v) is 5.05. The highest BCUT2D eigenvalue weighted by Crippen LogP contribution is 2.41. The van der Waals surface area contributed by atoms with Gasteiger partial charge in [-0.15, -0.1) is 0 Å². The lowest BCUT2D eigenvalue weighted by Gasteiger charge is -2.35. The molecule has 0 N–H and O–H groups in total. The normalized spacial score (nSPS) is 33.8. The largest absolute Gasteiger partial charge is 0.294 e. The molecule has 0 heterocycles. The van der Waals surface area contributed by atoms with Gasteiger partial charge in [0, 0.05) is 23.0 Å². The van der Waals surface area contributed by atoms with Crippen molar-refractivity contribution in [3.8, 4) is 0 Å². The zero-order valence-corrected chi connectivity index (χ0v) is 9.37. The van der Waals surface area contributed by atoms with Crippen LogP contribution < -0.4 is 0 Å². The SMILES string of the molecule is O=C1C2=C(CCCC2)C(=O)[C@@H]2CC=CC[C@H]12. The molecule has 2 atom stereocenters. The molecule has 3 aliphatic rings. The van der Waals surface area contributed by atoms with Crippen LogP contribution in [0.2, 0.25) is 0 Å². The van der Waals surface area contributed by atoms with E-state index in [1.165, 1.54) is 0 Å². The molecule has 0 saturated carbocycles. The summed E-state index contributed by atoms with van der Waals surface area (Å²) < 4.78 is 0. The second-order valence-electron chi connectivity index (χ2n) is 5.05. The van der Waals surface area contributed by atoms with E-state index in [0.717, 1.165) is 49.7 Å². The van der Waals surface area contributed by atoms with Crippen LogP contribution in [0.5, 0.6) is 0 Å². The summed E-state index contributed by atoms with van der Waals surface area (Å²) in [6, 6.07) is 0. The van der Waals surface area contributed by atoms with Gasteiger partial charge in [0.15, 0.2) is 11.6 Å². The molecule has 3 aliphatic carbocycles. The minimum absolute atomic E-state index is 0.0330. The fraction of sp³-hybridized carbons (Fsp3) is 0.571. The van der Waals surface area contributed by atoms with E-state index in [9.17, 15) is 9.59 Å². The fourth-order valence-electron chi connectivity index (χ4n) is 3.29. The van der Waals surface area contributed by atoms with Gasteiger partial charge in [0.05, 0.1) is 0 Å². The molecule has 3 rings (SSSR count). The molecule has 0 spiro atoms. The van der Waals surface area contributed by atoms with E-state index >= 15 is 0 Å². The molecule has 0 saturated heterocycles. The molecule has 0 aliphatic heterocycles. The Hall–Kier alpha value is -1.18. The molecule has 0 radical (unpaired) electrons. The van der Waals surface area contributed by atoms with E-state index in [4.69, 9.17) is 0 Å². The maximum Gasteiger partial charge on any atom is 0.163 e. The molecule has 2 nitrogen and oxygen atoms in total. The first-order valence-electron chi connectivity index (χ1n) is 6.24. The highest BCUT2D eigenvalue weighted by atomic mass is 16.1. The van der Waals surface area contributed by atoms with Gasteiger partial charge in [-0.2, -0.15) is 0 Å². The van der Waals surface area contributed by atoms with Gasteiger partial charge in [0.2, 0.25) is 0 Å². The number of Topliss-reactive ketones (excluding diaryl/α,β-unsaturated/α-hetero) is 2. The van der Waals surface area contributed by atoms with E-state index in [1.54, 1.807) is 0 Å². The van der Waals surface area contributed by atoms with Crippen LogP contribution in [0.4, 0.5) is 0 Å². The van der Waals surface area contributed by atoms with Gasteiger partial charge in [0.25, 0.3) is 0 Å². The van der Waals surface area contributed by atoms with Crippen LogP contribution in [-0.2, 0) is 9.59 Å².